The Balaban J connectivity index is 2.58. The zero-order chi connectivity index (χ0) is 8.97. The quantitative estimate of drug-likeness (QED) is 0.629. The smallest absolute Gasteiger partial charge is 0.320 e. The number of aliphatic carboxylic acids is 1. The van der Waals surface area contributed by atoms with Crippen LogP contribution in [0, 0.1) is 0 Å². The number of nitrogens with two attached hydrogens (primary N) is 1. The van der Waals surface area contributed by atoms with E-state index >= 15 is 0 Å². The number of hydrogen-bond donors (Lipinski definition) is 2. The average molecular weight is 167 g/mol. The lowest BCUT2D eigenvalue weighted by atomic mass is 10.2. The standard InChI is InChI=1S/C7H9N3O2/c8-6(7(11)12)4-5-2-1-3-9-10-5/h1-3,6H,4,8H2,(H,11,12)/t6-/m1/s1. The van der Waals surface area contributed by atoms with Gasteiger partial charge in [0.05, 0.1) is 5.69 Å². The molecule has 0 aliphatic heterocycles. The molecule has 0 bridgehead atoms. The average Bonchev–Trinajstić information content (AvgIpc) is 2.06. The van der Waals surface area contributed by atoms with Crippen LogP contribution in [0.4, 0.5) is 0 Å². The number of rotatable bonds is 3. The van der Waals surface area contributed by atoms with Crippen molar-refractivity contribution >= 4 is 5.97 Å². The Morgan fingerprint density at radius 2 is 2.50 bits per heavy atom. The molecular weight excluding hydrogens is 158 g/mol. The van der Waals surface area contributed by atoms with Crippen molar-refractivity contribution in [3.05, 3.63) is 24.0 Å². The van der Waals surface area contributed by atoms with E-state index in [0.717, 1.165) is 0 Å². The van der Waals surface area contributed by atoms with Crippen LogP contribution in [0.15, 0.2) is 18.3 Å². The fourth-order valence-electron chi connectivity index (χ4n) is 0.755. The van der Waals surface area contributed by atoms with E-state index in [9.17, 15) is 4.79 Å². The van der Waals surface area contributed by atoms with E-state index in [4.69, 9.17) is 10.8 Å². The molecule has 0 aliphatic rings. The second-order valence-electron chi connectivity index (χ2n) is 2.36. The van der Waals surface area contributed by atoms with Gasteiger partial charge in [-0.15, -0.1) is 0 Å². The molecule has 3 N–H and O–H groups in total. The predicted octanol–water partition coefficient (Wildman–Crippen LogP) is -0.569. The minimum atomic E-state index is -1.03. The first-order chi connectivity index (χ1) is 5.70. The number of carboxylic acid groups (broad SMARTS) is 1. The Morgan fingerprint density at radius 3 is 3.00 bits per heavy atom. The summed E-state index contributed by atoms with van der Waals surface area (Å²) in [5, 5.41) is 15.8. The molecule has 0 spiro atoms. The van der Waals surface area contributed by atoms with Crippen molar-refractivity contribution in [2.75, 3.05) is 0 Å². The van der Waals surface area contributed by atoms with Gasteiger partial charge in [-0.25, -0.2) is 0 Å². The second kappa shape index (κ2) is 3.77. The van der Waals surface area contributed by atoms with Crippen LogP contribution in [-0.4, -0.2) is 27.3 Å². The van der Waals surface area contributed by atoms with Crippen LogP contribution >= 0.6 is 0 Å². The van der Waals surface area contributed by atoms with Crippen LogP contribution in [0.2, 0.25) is 0 Å². The summed E-state index contributed by atoms with van der Waals surface area (Å²) in [5.74, 6) is -1.03. The zero-order valence-corrected chi connectivity index (χ0v) is 6.34. The summed E-state index contributed by atoms with van der Waals surface area (Å²) in [4.78, 5) is 10.3. The monoisotopic (exact) mass is 167 g/mol. The Hall–Kier alpha value is -1.49. The summed E-state index contributed by atoms with van der Waals surface area (Å²) in [7, 11) is 0. The van der Waals surface area contributed by atoms with Gasteiger partial charge >= 0.3 is 5.97 Å². The minimum absolute atomic E-state index is 0.211. The summed E-state index contributed by atoms with van der Waals surface area (Å²) in [6.45, 7) is 0. The van der Waals surface area contributed by atoms with E-state index in [2.05, 4.69) is 10.2 Å². The van der Waals surface area contributed by atoms with Gasteiger partial charge in [0.1, 0.15) is 6.04 Å². The maximum absolute atomic E-state index is 10.3. The molecule has 1 aromatic heterocycles. The van der Waals surface area contributed by atoms with Crippen molar-refractivity contribution in [3.63, 3.8) is 0 Å². The highest BCUT2D eigenvalue weighted by atomic mass is 16.4. The minimum Gasteiger partial charge on any atom is -0.480 e. The fraction of sp³-hybridized carbons (Fsp3) is 0.286. The number of carboxylic acids is 1. The largest absolute Gasteiger partial charge is 0.480 e. The van der Waals surface area contributed by atoms with E-state index in [1.807, 2.05) is 0 Å². The number of nitrogens with zero attached hydrogens (tertiary/aromatic N) is 2. The van der Waals surface area contributed by atoms with Gasteiger partial charge in [0, 0.05) is 12.6 Å². The highest BCUT2D eigenvalue weighted by Crippen LogP contribution is 1.95. The molecular formula is C7H9N3O2. The van der Waals surface area contributed by atoms with Crippen LogP contribution < -0.4 is 5.73 Å². The molecule has 0 amide bonds. The van der Waals surface area contributed by atoms with Crippen LogP contribution in [0.5, 0.6) is 0 Å². The maximum atomic E-state index is 10.3. The van der Waals surface area contributed by atoms with Crippen molar-refractivity contribution < 1.29 is 9.90 Å². The molecule has 0 radical (unpaired) electrons. The van der Waals surface area contributed by atoms with Gasteiger partial charge in [-0.05, 0) is 12.1 Å². The molecule has 5 heteroatoms. The highest BCUT2D eigenvalue weighted by molar-refractivity contribution is 5.73. The van der Waals surface area contributed by atoms with Crippen molar-refractivity contribution in [2.24, 2.45) is 5.73 Å². The second-order valence-corrected chi connectivity index (χ2v) is 2.36. The van der Waals surface area contributed by atoms with Crippen molar-refractivity contribution in [1.29, 1.82) is 0 Å². The molecule has 0 aliphatic carbocycles. The van der Waals surface area contributed by atoms with Crippen LogP contribution in [-0.2, 0) is 11.2 Å². The van der Waals surface area contributed by atoms with Crippen molar-refractivity contribution in [3.8, 4) is 0 Å². The lowest BCUT2D eigenvalue weighted by molar-refractivity contribution is -0.138. The zero-order valence-electron chi connectivity index (χ0n) is 6.34. The van der Waals surface area contributed by atoms with Gasteiger partial charge in [0.15, 0.2) is 0 Å². The molecule has 0 aromatic carbocycles. The predicted molar refractivity (Wildman–Crippen MR) is 41.3 cm³/mol. The molecule has 0 saturated heterocycles. The van der Waals surface area contributed by atoms with Crippen LogP contribution in [0.3, 0.4) is 0 Å². The Morgan fingerprint density at radius 1 is 1.75 bits per heavy atom. The molecule has 1 rings (SSSR count). The van der Waals surface area contributed by atoms with E-state index in [1.165, 1.54) is 6.20 Å². The first-order valence-corrected chi connectivity index (χ1v) is 3.45. The Labute approximate surface area is 69.2 Å². The Bertz CT molecular complexity index is 263. The first-order valence-electron chi connectivity index (χ1n) is 3.45. The molecule has 1 aromatic rings. The van der Waals surface area contributed by atoms with Gasteiger partial charge in [0.25, 0.3) is 0 Å². The lowest BCUT2D eigenvalue weighted by Crippen LogP contribution is -2.32. The molecule has 0 unspecified atom stereocenters. The Kier molecular flexibility index (Phi) is 2.71. The molecule has 12 heavy (non-hydrogen) atoms. The van der Waals surface area contributed by atoms with E-state index in [-0.39, 0.29) is 6.42 Å². The third-order valence-electron chi connectivity index (χ3n) is 1.37. The van der Waals surface area contributed by atoms with Gasteiger partial charge in [-0.1, -0.05) is 0 Å². The molecule has 1 atom stereocenters. The number of carbonyl (C=O) groups is 1. The summed E-state index contributed by atoms with van der Waals surface area (Å²) >= 11 is 0. The molecule has 64 valence electrons. The molecule has 1 heterocycles. The van der Waals surface area contributed by atoms with E-state index in [1.54, 1.807) is 12.1 Å². The third-order valence-corrected chi connectivity index (χ3v) is 1.37. The normalized spacial score (nSPS) is 12.4. The van der Waals surface area contributed by atoms with Crippen LogP contribution in [0.25, 0.3) is 0 Å². The topological polar surface area (TPSA) is 89.1 Å². The summed E-state index contributed by atoms with van der Waals surface area (Å²) in [6.07, 6.45) is 1.74. The summed E-state index contributed by atoms with van der Waals surface area (Å²) in [6, 6.07) is 2.48. The first kappa shape index (κ1) is 8.61. The van der Waals surface area contributed by atoms with Crippen molar-refractivity contribution in [2.45, 2.75) is 12.5 Å². The van der Waals surface area contributed by atoms with Crippen molar-refractivity contribution in [1.82, 2.24) is 10.2 Å². The fourth-order valence-corrected chi connectivity index (χ4v) is 0.755. The number of hydrogen-bond acceptors (Lipinski definition) is 4. The summed E-state index contributed by atoms with van der Waals surface area (Å²) < 4.78 is 0. The molecule has 5 nitrogen and oxygen atoms in total. The van der Waals surface area contributed by atoms with E-state index < -0.39 is 12.0 Å². The van der Waals surface area contributed by atoms with Crippen LogP contribution in [0.1, 0.15) is 5.69 Å². The SMILES string of the molecule is N[C@H](Cc1cccnn1)C(=O)O. The maximum Gasteiger partial charge on any atom is 0.320 e. The van der Waals surface area contributed by atoms with Gasteiger partial charge in [-0.3, -0.25) is 4.79 Å². The lowest BCUT2D eigenvalue weighted by Gasteiger charge is -2.03. The van der Waals surface area contributed by atoms with Gasteiger partial charge in [-0.2, -0.15) is 10.2 Å². The van der Waals surface area contributed by atoms with Gasteiger partial charge < -0.3 is 10.8 Å². The van der Waals surface area contributed by atoms with E-state index in [0.29, 0.717) is 5.69 Å². The highest BCUT2D eigenvalue weighted by Gasteiger charge is 2.12. The number of aromatic nitrogens is 2. The third kappa shape index (κ3) is 2.28. The van der Waals surface area contributed by atoms with Gasteiger partial charge in [0.2, 0.25) is 0 Å². The molecule has 0 saturated carbocycles. The molecule has 0 fully saturated rings. The summed E-state index contributed by atoms with van der Waals surface area (Å²) in [5.41, 5.74) is 5.87.